The maximum atomic E-state index is 10.0. The molecule has 0 fully saturated rings. The summed E-state index contributed by atoms with van der Waals surface area (Å²) in [4.78, 5) is 14.2. The van der Waals surface area contributed by atoms with Crippen molar-refractivity contribution in [2.24, 2.45) is 0 Å². The van der Waals surface area contributed by atoms with E-state index < -0.39 is 0 Å². The van der Waals surface area contributed by atoms with Crippen molar-refractivity contribution in [3.8, 4) is 70.8 Å². The van der Waals surface area contributed by atoms with Crippen molar-refractivity contribution in [1.29, 1.82) is 42.1 Å². The molecular weight excluding hydrogens is 1620 g/mol. The first-order valence-electron chi connectivity index (χ1n) is 42.5. The molecule has 0 spiro atoms. The van der Waals surface area contributed by atoms with Crippen molar-refractivity contribution in [2.45, 2.75) is 6.92 Å². The first-order chi connectivity index (χ1) is 65.4. The van der Waals surface area contributed by atoms with Gasteiger partial charge in [-0.15, -0.1) is 0 Å². The van der Waals surface area contributed by atoms with Gasteiger partial charge in [-0.2, -0.15) is 42.1 Å². The summed E-state index contributed by atoms with van der Waals surface area (Å²) < 4.78 is 0. The fraction of sp³-hybridized carbons (Fsp3) is 0.00826. The molecule has 0 radical (unpaired) electrons. The van der Waals surface area contributed by atoms with Gasteiger partial charge in [0.1, 0.15) is 36.4 Å². The SMILES string of the molecule is N#Cc1cc2c(cc1C#N)c1ccc3ccccc3c1c1c3ccccc3ccc21.N#Cc1cc2c3ccc4ccccc4c3c3ccc4ccccc4c3c2cc1C#N.[C-]#[N+]c1c([N+]#[C-])c([N+]#[C-])c2cc3c(cc2c1C#N)c1cc(C#N)c(C#N)cc1c1ccc2ccccc2c13.[C-]#[N+]c1cc(-c2c(-c3cccc4ccccc34)c3ccccc3c3ccccc23)c(C)cc1C#N. The number of nitriles is 8. The van der Waals surface area contributed by atoms with Crippen LogP contribution in [0.25, 0.3) is 236 Å². The monoisotopic (exact) mass is 1680 g/mol. The van der Waals surface area contributed by atoms with E-state index in [1.807, 2.05) is 91.9 Å². The molecule has 12 nitrogen and oxygen atoms in total. The zero-order chi connectivity index (χ0) is 91.0. The van der Waals surface area contributed by atoms with Crippen LogP contribution in [0.4, 0.5) is 22.7 Å². The molecule has 0 heterocycles. The van der Waals surface area contributed by atoms with Crippen molar-refractivity contribution < 1.29 is 0 Å². The lowest BCUT2D eigenvalue weighted by Crippen LogP contribution is -1.95. The van der Waals surface area contributed by atoms with E-state index in [9.17, 15) is 42.1 Å². The van der Waals surface area contributed by atoms with Gasteiger partial charge in [-0.3, -0.25) is 14.5 Å². The van der Waals surface area contributed by atoms with Gasteiger partial charge >= 0.3 is 0 Å². The quantitative estimate of drug-likeness (QED) is 0.0921. The molecule has 0 bridgehead atoms. The number of aryl methyl sites for hydroxylation is 1. The lowest BCUT2D eigenvalue weighted by Gasteiger charge is -2.21. The molecule has 12 heteroatoms. The predicted octanol–water partition coefficient (Wildman–Crippen LogP) is 32.3. The summed E-state index contributed by atoms with van der Waals surface area (Å²) in [5.41, 5.74) is 8.15. The molecule has 0 N–H and O–H groups in total. The predicted molar refractivity (Wildman–Crippen MR) is 539 cm³/mol. The molecule has 0 amide bonds. The molecular formula is C121H58N12. The average Bonchev–Trinajstić information content (AvgIpc) is 0.824. The second-order valence-electron chi connectivity index (χ2n) is 32.6. The lowest BCUT2D eigenvalue weighted by atomic mass is 9.82. The zero-order valence-corrected chi connectivity index (χ0v) is 70.6. The highest BCUT2D eigenvalue weighted by Crippen LogP contribution is 2.53. The van der Waals surface area contributed by atoms with Gasteiger partial charge in [0.05, 0.1) is 82.9 Å². The molecule has 0 atom stereocenters. The van der Waals surface area contributed by atoms with Crippen LogP contribution in [0, 0.1) is 124 Å². The molecule has 602 valence electrons. The van der Waals surface area contributed by atoms with Crippen LogP contribution in [0.15, 0.2) is 334 Å². The Bertz CT molecular complexity index is 9920. The normalized spacial score (nSPS) is 11.0. The number of hydrogen-bond acceptors (Lipinski definition) is 8. The highest BCUT2D eigenvalue weighted by Gasteiger charge is 2.27. The fourth-order valence-corrected chi connectivity index (χ4v) is 20.2. The van der Waals surface area contributed by atoms with Gasteiger partial charge in [0.15, 0.2) is 5.69 Å². The average molecular weight is 1680 g/mol. The highest BCUT2D eigenvalue weighted by atomic mass is 14.8. The van der Waals surface area contributed by atoms with E-state index in [4.69, 9.17) is 26.3 Å². The minimum absolute atomic E-state index is 0.0351. The maximum absolute atomic E-state index is 10.0. The Morgan fingerprint density at radius 2 is 0.481 bits per heavy atom. The van der Waals surface area contributed by atoms with Crippen molar-refractivity contribution >= 4 is 217 Å². The van der Waals surface area contributed by atoms with Crippen LogP contribution < -0.4 is 0 Å². The summed E-state index contributed by atoms with van der Waals surface area (Å²) >= 11 is 0. The van der Waals surface area contributed by atoms with Gasteiger partial charge in [-0.05, 0) is 277 Å². The van der Waals surface area contributed by atoms with E-state index in [1.165, 1.54) is 80.8 Å². The Labute approximate surface area is 760 Å². The second kappa shape index (κ2) is 32.4. The molecule has 0 saturated carbocycles. The third-order valence-corrected chi connectivity index (χ3v) is 26.0. The smallest absolute Gasteiger partial charge is 0.205 e. The first-order valence-corrected chi connectivity index (χ1v) is 42.5. The third kappa shape index (κ3) is 12.6. The van der Waals surface area contributed by atoms with E-state index in [-0.39, 0.29) is 33.8 Å². The Hall–Kier alpha value is -20.2. The zero-order valence-electron chi connectivity index (χ0n) is 70.6. The number of benzene rings is 24. The van der Waals surface area contributed by atoms with Crippen LogP contribution in [-0.4, -0.2) is 0 Å². The maximum Gasteiger partial charge on any atom is 0.205 e. The number of hydrogen-bond donors (Lipinski definition) is 0. The minimum atomic E-state index is -0.139. The first kappa shape index (κ1) is 80.0. The Balaban J connectivity index is 0.000000107. The van der Waals surface area contributed by atoms with Crippen LogP contribution in [0.3, 0.4) is 0 Å². The molecule has 24 aromatic carbocycles. The number of nitrogens with zero attached hydrogens (tertiary/aromatic N) is 12. The molecule has 24 rings (SSSR count). The summed E-state index contributed by atoms with van der Waals surface area (Å²) in [5, 5.41) is 115. The summed E-state index contributed by atoms with van der Waals surface area (Å²) in [6.07, 6.45) is 0. The molecule has 133 heavy (non-hydrogen) atoms. The lowest BCUT2D eigenvalue weighted by molar-refractivity contribution is 1.43. The highest BCUT2D eigenvalue weighted by molar-refractivity contribution is 6.39. The minimum Gasteiger partial charge on any atom is -0.262 e. The van der Waals surface area contributed by atoms with Gasteiger partial charge in [-0.1, -0.05) is 285 Å². The Morgan fingerprint density at radius 1 is 0.188 bits per heavy atom. The summed E-state index contributed by atoms with van der Waals surface area (Å²) in [6, 6.07) is 130. The van der Waals surface area contributed by atoms with Gasteiger partial charge in [0.2, 0.25) is 17.1 Å². The third-order valence-electron chi connectivity index (χ3n) is 26.0. The van der Waals surface area contributed by atoms with Gasteiger partial charge in [0.25, 0.3) is 0 Å². The molecule has 0 unspecified atom stereocenters. The topological polar surface area (TPSA) is 208 Å². The summed E-state index contributed by atoms with van der Waals surface area (Å²) in [7, 11) is 0. The Morgan fingerprint density at radius 3 is 0.880 bits per heavy atom. The largest absolute Gasteiger partial charge is 0.262 e. The van der Waals surface area contributed by atoms with Crippen LogP contribution in [0.1, 0.15) is 50.1 Å². The van der Waals surface area contributed by atoms with Crippen molar-refractivity contribution in [2.75, 3.05) is 0 Å². The van der Waals surface area contributed by atoms with E-state index in [1.54, 1.807) is 18.2 Å². The van der Waals surface area contributed by atoms with Crippen LogP contribution in [0.5, 0.6) is 0 Å². The number of fused-ring (bicyclic) bond motifs is 33. The Kier molecular flexibility index (Phi) is 19.5. The van der Waals surface area contributed by atoms with Crippen molar-refractivity contribution in [1.82, 2.24) is 0 Å². The number of rotatable bonds is 2. The van der Waals surface area contributed by atoms with E-state index in [2.05, 4.69) is 298 Å². The molecule has 0 aliphatic heterocycles. The molecule has 0 saturated heterocycles. The molecule has 24 aromatic rings. The second-order valence-corrected chi connectivity index (χ2v) is 32.6. The van der Waals surface area contributed by atoms with E-state index in [0.29, 0.717) is 49.7 Å². The van der Waals surface area contributed by atoms with Gasteiger partial charge in [0, 0.05) is 0 Å². The van der Waals surface area contributed by atoms with Crippen molar-refractivity contribution in [3.05, 3.63) is 429 Å². The van der Waals surface area contributed by atoms with E-state index >= 15 is 0 Å². The standard InChI is InChI=1S/C33H20N2.C32H10N6.2C28H14N2/c1-21-18-23(20-34)31(35-2)19-30(21)33-29-16-8-6-14-26(29)25-13-5-7-15-28(25)32(33)27-17-9-11-22-10-3-4-12-24(22)27;1-36-30-27-13-26-24(12-25(27)28(16-35)31(37-2)32(30)38-3)23-11-19(15-34)18(14-33)10-22(23)21-9-8-17-6-4-5-7-20(17)29(21)26;29-15-19-13-25-23-11-9-17-5-1-3-7-21(17)27(23)24-12-10-18-6-2-4-8-22(18)28(24)26(25)14-20(19)16-30;29-15-19-13-25-23-11-9-17-5-1-3-7-21(17)27(23)28-22-8-4-2-6-18(22)10-12-24(28)26(25)14-20(19)16-30/h3-19H,1H3;4-13H;2*1-14H. The van der Waals surface area contributed by atoms with E-state index in [0.717, 1.165) is 125 Å². The molecule has 0 aliphatic carbocycles. The van der Waals surface area contributed by atoms with Gasteiger partial charge in [-0.25, -0.2) is 4.85 Å². The fourth-order valence-electron chi connectivity index (χ4n) is 20.2. The van der Waals surface area contributed by atoms with Crippen molar-refractivity contribution in [3.63, 3.8) is 0 Å². The molecule has 0 aromatic heterocycles. The summed E-state index contributed by atoms with van der Waals surface area (Å²) in [5.74, 6) is 0. The van der Waals surface area contributed by atoms with Crippen LogP contribution >= 0.6 is 0 Å². The van der Waals surface area contributed by atoms with Crippen LogP contribution in [-0.2, 0) is 0 Å². The van der Waals surface area contributed by atoms with Crippen LogP contribution in [0.2, 0.25) is 0 Å². The summed E-state index contributed by atoms with van der Waals surface area (Å²) in [6.45, 7) is 32.8. The molecule has 0 aliphatic rings. The van der Waals surface area contributed by atoms with Gasteiger partial charge < -0.3 is 0 Å².